The average molecular weight is 343 g/mol. The van der Waals surface area contributed by atoms with Crippen molar-refractivity contribution >= 4 is 5.91 Å². The van der Waals surface area contributed by atoms with Gasteiger partial charge >= 0.3 is 0 Å². The van der Waals surface area contributed by atoms with Crippen molar-refractivity contribution in [3.05, 3.63) is 40.7 Å². The van der Waals surface area contributed by atoms with Crippen molar-refractivity contribution in [2.45, 2.75) is 53.3 Å². The maximum Gasteiger partial charge on any atom is 0.242 e. The SMILES string of the molecule is CCOc1cc2c(cc1CNC(=O)Cn1nc(C)cc1C)O[C@@H](C)C2. The van der Waals surface area contributed by atoms with Gasteiger partial charge in [0.2, 0.25) is 5.91 Å². The molecular formula is C19H25N3O3. The molecule has 0 aliphatic carbocycles. The number of fused-ring (bicyclic) bond motifs is 1. The van der Waals surface area contributed by atoms with Gasteiger partial charge < -0.3 is 14.8 Å². The number of benzene rings is 1. The second-order valence-corrected chi connectivity index (χ2v) is 6.49. The van der Waals surface area contributed by atoms with Gasteiger partial charge in [-0.1, -0.05) is 0 Å². The molecule has 1 aliphatic rings. The Morgan fingerprint density at radius 2 is 2.20 bits per heavy atom. The molecule has 1 N–H and O–H groups in total. The zero-order chi connectivity index (χ0) is 18.0. The minimum absolute atomic E-state index is 0.0802. The molecule has 1 amide bonds. The van der Waals surface area contributed by atoms with Crippen LogP contribution < -0.4 is 14.8 Å². The summed E-state index contributed by atoms with van der Waals surface area (Å²) in [5.41, 5.74) is 3.97. The number of hydrogen-bond donors (Lipinski definition) is 1. The predicted molar refractivity (Wildman–Crippen MR) is 95.0 cm³/mol. The molecule has 0 bridgehead atoms. The number of nitrogens with one attached hydrogen (secondary N) is 1. The predicted octanol–water partition coefficient (Wildman–Crippen LogP) is 2.54. The van der Waals surface area contributed by atoms with Crippen LogP contribution in [0, 0.1) is 13.8 Å². The van der Waals surface area contributed by atoms with E-state index in [2.05, 4.69) is 17.3 Å². The van der Waals surface area contributed by atoms with Crippen LogP contribution in [0.1, 0.15) is 36.4 Å². The van der Waals surface area contributed by atoms with Crippen LogP contribution in [0.4, 0.5) is 0 Å². The summed E-state index contributed by atoms with van der Waals surface area (Å²) in [6.45, 7) is 9.07. The number of amides is 1. The Balaban J connectivity index is 1.68. The average Bonchev–Trinajstić information content (AvgIpc) is 3.05. The van der Waals surface area contributed by atoms with Crippen LogP contribution in [0.2, 0.25) is 0 Å². The van der Waals surface area contributed by atoms with Gasteiger partial charge in [-0.25, -0.2) is 0 Å². The van der Waals surface area contributed by atoms with E-state index in [4.69, 9.17) is 9.47 Å². The summed E-state index contributed by atoms with van der Waals surface area (Å²) in [5.74, 6) is 1.62. The third-order valence-corrected chi connectivity index (χ3v) is 4.25. The fraction of sp³-hybridized carbons (Fsp3) is 0.474. The summed E-state index contributed by atoms with van der Waals surface area (Å²) in [7, 11) is 0. The summed E-state index contributed by atoms with van der Waals surface area (Å²) < 4.78 is 13.3. The van der Waals surface area contributed by atoms with Crippen molar-refractivity contribution in [3.63, 3.8) is 0 Å². The van der Waals surface area contributed by atoms with Gasteiger partial charge in [0.25, 0.3) is 0 Å². The first-order valence-corrected chi connectivity index (χ1v) is 8.69. The van der Waals surface area contributed by atoms with Crippen molar-refractivity contribution in [1.82, 2.24) is 15.1 Å². The first kappa shape index (κ1) is 17.3. The quantitative estimate of drug-likeness (QED) is 0.875. The molecule has 25 heavy (non-hydrogen) atoms. The lowest BCUT2D eigenvalue weighted by Gasteiger charge is -2.13. The molecule has 0 saturated heterocycles. The summed E-state index contributed by atoms with van der Waals surface area (Å²) >= 11 is 0. The highest BCUT2D eigenvalue weighted by Crippen LogP contribution is 2.35. The van der Waals surface area contributed by atoms with Crippen LogP contribution in [-0.4, -0.2) is 28.4 Å². The Bertz CT molecular complexity index is 782. The number of aromatic nitrogens is 2. The van der Waals surface area contributed by atoms with Crippen LogP contribution >= 0.6 is 0 Å². The molecule has 1 atom stereocenters. The zero-order valence-electron chi connectivity index (χ0n) is 15.3. The molecule has 1 aromatic carbocycles. The van der Waals surface area contributed by atoms with E-state index in [1.54, 1.807) is 4.68 Å². The maximum absolute atomic E-state index is 12.3. The molecule has 134 valence electrons. The van der Waals surface area contributed by atoms with E-state index in [0.717, 1.165) is 40.4 Å². The van der Waals surface area contributed by atoms with Crippen molar-refractivity contribution in [2.75, 3.05) is 6.61 Å². The molecule has 6 heteroatoms. The number of aryl methyl sites for hydroxylation is 2. The van der Waals surface area contributed by atoms with Crippen molar-refractivity contribution in [2.24, 2.45) is 0 Å². The lowest BCUT2D eigenvalue weighted by Crippen LogP contribution is -2.28. The van der Waals surface area contributed by atoms with Gasteiger partial charge in [-0.15, -0.1) is 0 Å². The Kier molecular flexibility index (Phi) is 4.97. The van der Waals surface area contributed by atoms with Crippen LogP contribution in [0.25, 0.3) is 0 Å². The van der Waals surface area contributed by atoms with Crippen LogP contribution in [0.5, 0.6) is 11.5 Å². The molecule has 0 unspecified atom stereocenters. The van der Waals surface area contributed by atoms with E-state index < -0.39 is 0 Å². The van der Waals surface area contributed by atoms with E-state index in [1.807, 2.05) is 39.0 Å². The van der Waals surface area contributed by atoms with E-state index >= 15 is 0 Å². The van der Waals surface area contributed by atoms with Gasteiger partial charge in [0.1, 0.15) is 24.1 Å². The monoisotopic (exact) mass is 343 g/mol. The molecule has 6 nitrogen and oxygen atoms in total. The van der Waals surface area contributed by atoms with Gasteiger partial charge in [-0.05, 0) is 45.9 Å². The Morgan fingerprint density at radius 3 is 2.88 bits per heavy atom. The molecule has 0 saturated carbocycles. The molecule has 0 fully saturated rings. The molecule has 3 rings (SSSR count). The molecular weight excluding hydrogens is 318 g/mol. The number of hydrogen-bond acceptors (Lipinski definition) is 4. The second kappa shape index (κ2) is 7.17. The Labute approximate surface area is 148 Å². The number of nitrogens with zero attached hydrogens (tertiary/aromatic N) is 2. The Hall–Kier alpha value is -2.50. The normalized spacial score (nSPS) is 15.6. The standard InChI is InChI=1S/C19H25N3O3/c1-5-24-17-8-15-7-14(4)25-18(15)9-16(17)10-20-19(23)11-22-13(3)6-12(2)21-22/h6,8-9,14H,5,7,10-11H2,1-4H3,(H,20,23)/t14-/m0/s1. The summed E-state index contributed by atoms with van der Waals surface area (Å²) in [6.07, 6.45) is 1.07. The lowest BCUT2D eigenvalue weighted by atomic mass is 10.1. The third-order valence-electron chi connectivity index (χ3n) is 4.25. The minimum Gasteiger partial charge on any atom is -0.494 e. The highest BCUT2D eigenvalue weighted by Gasteiger charge is 2.22. The summed E-state index contributed by atoms with van der Waals surface area (Å²) in [6, 6.07) is 5.97. The topological polar surface area (TPSA) is 65.4 Å². The van der Waals surface area contributed by atoms with E-state index in [-0.39, 0.29) is 18.6 Å². The molecule has 2 heterocycles. The molecule has 1 aliphatic heterocycles. The van der Waals surface area contributed by atoms with E-state index in [9.17, 15) is 4.79 Å². The lowest BCUT2D eigenvalue weighted by molar-refractivity contribution is -0.122. The fourth-order valence-electron chi connectivity index (χ4n) is 3.13. The number of rotatable bonds is 6. The van der Waals surface area contributed by atoms with Crippen LogP contribution in [0.3, 0.4) is 0 Å². The summed E-state index contributed by atoms with van der Waals surface area (Å²) in [4.78, 5) is 12.3. The van der Waals surface area contributed by atoms with Crippen LogP contribution in [-0.2, 0) is 24.3 Å². The Morgan fingerprint density at radius 1 is 1.40 bits per heavy atom. The smallest absolute Gasteiger partial charge is 0.242 e. The van der Waals surface area contributed by atoms with Gasteiger partial charge in [-0.3, -0.25) is 9.48 Å². The van der Waals surface area contributed by atoms with Crippen LogP contribution in [0.15, 0.2) is 18.2 Å². The van der Waals surface area contributed by atoms with Crippen molar-refractivity contribution in [3.8, 4) is 11.5 Å². The first-order chi connectivity index (χ1) is 12.0. The number of carbonyl (C=O) groups is 1. The van der Waals surface area contributed by atoms with Crippen molar-refractivity contribution < 1.29 is 14.3 Å². The molecule has 0 radical (unpaired) electrons. The zero-order valence-corrected chi connectivity index (χ0v) is 15.3. The minimum atomic E-state index is -0.0802. The third kappa shape index (κ3) is 3.95. The van der Waals surface area contributed by atoms with E-state index in [1.165, 1.54) is 0 Å². The van der Waals surface area contributed by atoms with Gasteiger partial charge in [0.15, 0.2) is 0 Å². The fourth-order valence-corrected chi connectivity index (χ4v) is 3.13. The highest BCUT2D eigenvalue weighted by atomic mass is 16.5. The maximum atomic E-state index is 12.3. The molecule has 2 aromatic rings. The van der Waals surface area contributed by atoms with Gasteiger partial charge in [0.05, 0.1) is 12.3 Å². The summed E-state index contributed by atoms with van der Waals surface area (Å²) in [5, 5.41) is 7.27. The second-order valence-electron chi connectivity index (χ2n) is 6.49. The van der Waals surface area contributed by atoms with Crippen molar-refractivity contribution in [1.29, 1.82) is 0 Å². The highest BCUT2D eigenvalue weighted by molar-refractivity contribution is 5.75. The number of ether oxygens (including phenoxy) is 2. The molecule has 1 aromatic heterocycles. The largest absolute Gasteiger partial charge is 0.494 e. The van der Waals surface area contributed by atoms with E-state index in [0.29, 0.717) is 13.2 Å². The van der Waals surface area contributed by atoms with Gasteiger partial charge in [0, 0.05) is 29.8 Å². The molecule has 0 spiro atoms. The number of carbonyl (C=O) groups excluding carboxylic acids is 1. The van der Waals surface area contributed by atoms with Gasteiger partial charge in [-0.2, -0.15) is 5.10 Å². The first-order valence-electron chi connectivity index (χ1n) is 8.69.